The van der Waals surface area contributed by atoms with Crippen molar-refractivity contribution in [2.75, 3.05) is 39.2 Å². The van der Waals surface area contributed by atoms with Crippen LogP contribution in [0.2, 0.25) is 0 Å². The molecule has 1 amide bonds. The maximum Gasteiger partial charge on any atom is 0.226 e. The zero-order valence-corrected chi connectivity index (χ0v) is 17.4. The van der Waals surface area contributed by atoms with E-state index < -0.39 is 0 Å². The molecule has 0 bridgehead atoms. The highest BCUT2D eigenvalue weighted by Gasteiger charge is 2.28. The van der Waals surface area contributed by atoms with Crippen LogP contribution in [0.5, 0.6) is 11.5 Å². The molecule has 0 radical (unpaired) electrons. The number of carbonyl (C=O) groups excluding carboxylic acids is 1. The van der Waals surface area contributed by atoms with E-state index in [1.54, 1.807) is 32.4 Å². The average Bonchev–Trinajstić information content (AvgIpc) is 2.67. The standard InChI is InChI=1S/C21H35N3O3/c1-16(22-15-21(2,3)24-11-7-6-8-12-24)13-20(25)23-18-14-17(26-4)9-10-19(18)27-5/h9-10,14,16,22H,6-8,11-13,15H2,1-5H3,(H,23,25). The van der Waals surface area contributed by atoms with Crippen molar-refractivity contribution in [3.63, 3.8) is 0 Å². The molecule has 1 saturated heterocycles. The van der Waals surface area contributed by atoms with Gasteiger partial charge in [0, 0.05) is 30.6 Å². The lowest BCUT2D eigenvalue weighted by molar-refractivity contribution is -0.116. The number of piperidine rings is 1. The van der Waals surface area contributed by atoms with E-state index >= 15 is 0 Å². The normalized spacial score (nSPS) is 16.6. The van der Waals surface area contributed by atoms with Gasteiger partial charge in [0.25, 0.3) is 0 Å². The van der Waals surface area contributed by atoms with Crippen molar-refractivity contribution < 1.29 is 14.3 Å². The van der Waals surface area contributed by atoms with Crippen molar-refractivity contribution in [3.8, 4) is 11.5 Å². The number of nitrogens with zero attached hydrogens (tertiary/aromatic N) is 1. The third-order valence-electron chi connectivity index (χ3n) is 5.27. The summed E-state index contributed by atoms with van der Waals surface area (Å²) in [6.45, 7) is 9.80. The van der Waals surface area contributed by atoms with E-state index in [0.717, 1.165) is 6.54 Å². The first-order chi connectivity index (χ1) is 12.9. The van der Waals surface area contributed by atoms with Crippen LogP contribution in [0.1, 0.15) is 46.5 Å². The Balaban J connectivity index is 1.84. The topological polar surface area (TPSA) is 62.8 Å². The van der Waals surface area contributed by atoms with Gasteiger partial charge < -0.3 is 20.1 Å². The van der Waals surface area contributed by atoms with E-state index in [-0.39, 0.29) is 17.5 Å². The molecule has 1 aromatic carbocycles. The van der Waals surface area contributed by atoms with Gasteiger partial charge in [-0.15, -0.1) is 0 Å². The fourth-order valence-corrected chi connectivity index (χ4v) is 3.50. The van der Waals surface area contributed by atoms with Gasteiger partial charge in [0.15, 0.2) is 0 Å². The van der Waals surface area contributed by atoms with Gasteiger partial charge in [0.05, 0.1) is 19.9 Å². The maximum atomic E-state index is 12.5. The number of likely N-dealkylation sites (tertiary alicyclic amines) is 1. The monoisotopic (exact) mass is 377 g/mol. The molecule has 0 saturated carbocycles. The molecule has 1 unspecified atom stereocenters. The quantitative estimate of drug-likeness (QED) is 0.691. The van der Waals surface area contributed by atoms with Crippen molar-refractivity contribution in [1.82, 2.24) is 10.2 Å². The zero-order chi connectivity index (χ0) is 19.9. The minimum absolute atomic E-state index is 0.0441. The summed E-state index contributed by atoms with van der Waals surface area (Å²) >= 11 is 0. The van der Waals surface area contributed by atoms with E-state index in [9.17, 15) is 4.79 Å². The molecule has 0 aliphatic carbocycles. The number of ether oxygens (including phenoxy) is 2. The Morgan fingerprint density at radius 3 is 2.52 bits per heavy atom. The summed E-state index contributed by atoms with van der Waals surface area (Å²) in [5.74, 6) is 1.26. The molecular formula is C21H35N3O3. The molecule has 1 atom stereocenters. The first-order valence-corrected chi connectivity index (χ1v) is 9.86. The number of methoxy groups -OCH3 is 2. The largest absolute Gasteiger partial charge is 0.497 e. The summed E-state index contributed by atoms with van der Waals surface area (Å²) in [6.07, 6.45) is 4.30. The van der Waals surface area contributed by atoms with E-state index in [4.69, 9.17) is 9.47 Å². The van der Waals surface area contributed by atoms with Gasteiger partial charge in [-0.1, -0.05) is 6.42 Å². The SMILES string of the molecule is COc1ccc(OC)c(NC(=O)CC(C)NCC(C)(C)N2CCCCC2)c1. The molecule has 1 aliphatic heterocycles. The van der Waals surface area contributed by atoms with Crippen LogP contribution in [0, 0.1) is 0 Å². The van der Waals surface area contributed by atoms with Crippen molar-refractivity contribution in [2.24, 2.45) is 0 Å². The fourth-order valence-electron chi connectivity index (χ4n) is 3.50. The Morgan fingerprint density at radius 2 is 1.89 bits per heavy atom. The van der Waals surface area contributed by atoms with Crippen LogP contribution in [0.3, 0.4) is 0 Å². The molecule has 1 heterocycles. The Hall–Kier alpha value is -1.79. The molecule has 6 heteroatoms. The van der Waals surface area contributed by atoms with Gasteiger partial charge in [-0.05, 0) is 58.8 Å². The van der Waals surface area contributed by atoms with Crippen LogP contribution in [0.15, 0.2) is 18.2 Å². The molecule has 27 heavy (non-hydrogen) atoms. The highest BCUT2D eigenvalue weighted by molar-refractivity contribution is 5.92. The number of carbonyl (C=O) groups is 1. The van der Waals surface area contributed by atoms with E-state index in [0.29, 0.717) is 23.6 Å². The van der Waals surface area contributed by atoms with Crippen molar-refractivity contribution in [3.05, 3.63) is 18.2 Å². The molecule has 0 spiro atoms. The Kier molecular flexibility index (Phi) is 7.92. The summed E-state index contributed by atoms with van der Waals surface area (Å²) < 4.78 is 10.5. The number of hydrogen-bond donors (Lipinski definition) is 2. The zero-order valence-electron chi connectivity index (χ0n) is 17.4. The van der Waals surface area contributed by atoms with Crippen molar-refractivity contribution in [1.29, 1.82) is 0 Å². The van der Waals surface area contributed by atoms with Crippen molar-refractivity contribution >= 4 is 11.6 Å². The van der Waals surface area contributed by atoms with Gasteiger partial charge in [-0.2, -0.15) is 0 Å². The van der Waals surface area contributed by atoms with Gasteiger partial charge in [0.1, 0.15) is 11.5 Å². The molecular weight excluding hydrogens is 342 g/mol. The highest BCUT2D eigenvalue weighted by Crippen LogP contribution is 2.29. The number of benzene rings is 1. The number of hydrogen-bond acceptors (Lipinski definition) is 5. The van der Waals surface area contributed by atoms with E-state index in [1.807, 2.05) is 0 Å². The van der Waals surface area contributed by atoms with E-state index in [1.165, 1.54) is 32.4 Å². The molecule has 2 N–H and O–H groups in total. The van der Waals surface area contributed by atoms with E-state index in [2.05, 4.69) is 36.3 Å². The highest BCUT2D eigenvalue weighted by atomic mass is 16.5. The summed E-state index contributed by atoms with van der Waals surface area (Å²) in [5.41, 5.74) is 0.726. The third-order valence-corrected chi connectivity index (χ3v) is 5.27. The second kappa shape index (κ2) is 9.95. The summed E-state index contributed by atoms with van der Waals surface area (Å²) in [4.78, 5) is 15.0. The first kappa shape index (κ1) is 21.5. The van der Waals surface area contributed by atoms with Gasteiger partial charge >= 0.3 is 0 Å². The predicted molar refractivity (Wildman–Crippen MR) is 110 cm³/mol. The number of nitrogens with one attached hydrogen (secondary N) is 2. The Morgan fingerprint density at radius 1 is 1.19 bits per heavy atom. The molecule has 1 aromatic rings. The summed E-state index contributed by atoms with van der Waals surface area (Å²) in [6, 6.07) is 5.46. The van der Waals surface area contributed by atoms with Crippen molar-refractivity contribution in [2.45, 2.75) is 58.0 Å². The fraction of sp³-hybridized carbons (Fsp3) is 0.667. The predicted octanol–water partition coefficient (Wildman–Crippen LogP) is 3.28. The summed E-state index contributed by atoms with van der Waals surface area (Å²) in [7, 11) is 3.19. The number of anilines is 1. The lowest BCUT2D eigenvalue weighted by Crippen LogP contribution is -2.53. The number of rotatable bonds is 9. The molecule has 152 valence electrons. The third kappa shape index (κ3) is 6.40. The maximum absolute atomic E-state index is 12.5. The average molecular weight is 378 g/mol. The Bertz CT molecular complexity index is 613. The van der Waals surface area contributed by atoms with Crippen LogP contribution >= 0.6 is 0 Å². The van der Waals surface area contributed by atoms with Crippen LogP contribution < -0.4 is 20.1 Å². The van der Waals surface area contributed by atoms with Crippen LogP contribution in [-0.2, 0) is 4.79 Å². The van der Waals surface area contributed by atoms with Gasteiger partial charge in [0.2, 0.25) is 5.91 Å². The molecule has 1 aliphatic rings. The second-order valence-electron chi connectivity index (χ2n) is 7.96. The van der Waals surface area contributed by atoms with Crippen LogP contribution in [0.25, 0.3) is 0 Å². The summed E-state index contributed by atoms with van der Waals surface area (Å²) in [5, 5.41) is 6.46. The second-order valence-corrected chi connectivity index (χ2v) is 7.96. The lowest BCUT2D eigenvalue weighted by Gasteiger charge is -2.41. The molecule has 6 nitrogen and oxygen atoms in total. The minimum Gasteiger partial charge on any atom is -0.497 e. The first-order valence-electron chi connectivity index (χ1n) is 9.86. The lowest BCUT2D eigenvalue weighted by atomic mass is 9.98. The minimum atomic E-state index is -0.0441. The van der Waals surface area contributed by atoms with Gasteiger partial charge in [-0.25, -0.2) is 0 Å². The van der Waals surface area contributed by atoms with Crippen LogP contribution in [0.4, 0.5) is 5.69 Å². The molecule has 2 rings (SSSR count). The molecule has 0 aromatic heterocycles. The van der Waals surface area contributed by atoms with Crippen LogP contribution in [-0.4, -0.2) is 56.2 Å². The molecule has 1 fully saturated rings. The Labute approximate surface area is 163 Å². The van der Waals surface area contributed by atoms with Gasteiger partial charge in [-0.3, -0.25) is 9.69 Å². The number of amides is 1. The smallest absolute Gasteiger partial charge is 0.226 e.